The molecular formula is C7H6ClF2NO. The fraction of sp³-hybridized carbons (Fsp3) is 0.143. The highest BCUT2D eigenvalue weighted by molar-refractivity contribution is 6.30. The minimum atomic E-state index is -0.849. The van der Waals surface area contributed by atoms with Crippen molar-refractivity contribution in [3.8, 4) is 0 Å². The van der Waals surface area contributed by atoms with Crippen LogP contribution in [0.25, 0.3) is 0 Å². The van der Waals surface area contributed by atoms with Crippen LogP contribution in [0.5, 0.6) is 0 Å². The second-order valence-corrected chi connectivity index (χ2v) is 2.55. The van der Waals surface area contributed by atoms with Gasteiger partial charge in [-0.25, -0.2) is 14.3 Å². The van der Waals surface area contributed by atoms with Gasteiger partial charge in [-0.15, -0.1) is 0 Å². The molecule has 0 atom stereocenters. The molecule has 1 rings (SSSR count). The lowest BCUT2D eigenvalue weighted by atomic mass is 10.2. The van der Waals surface area contributed by atoms with Crippen LogP contribution in [0.4, 0.5) is 8.78 Å². The van der Waals surface area contributed by atoms with Crippen molar-refractivity contribution in [2.24, 2.45) is 0 Å². The first-order chi connectivity index (χ1) is 5.66. The maximum absolute atomic E-state index is 12.9. The third-order valence-electron chi connectivity index (χ3n) is 1.38. The van der Waals surface area contributed by atoms with Gasteiger partial charge in [0.25, 0.3) is 0 Å². The van der Waals surface area contributed by atoms with Gasteiger partial charge in [0.2, 0.25) is 0 Å². The molecule has 0 aliphatic rings. The molecule has 66 valence electrons. The number of halogens is 3. The third kappa shape index (κ3) is 1.72. The van der Waals surface area contributed by atoms with Crippen molar-refractivity contribution < 1.29 is 14.0 Å². The Bertz CT molecular complexity index is 293. The minimum absolute atomic E-state index is 0.105. The van der Waals surface area contributed by atoms with Gasteiger partial charge in [-0.3, -0.25) is 0 Å². The molecule has 0 aromatic heterocycles. The monoisotopic (exact) mass is 193 g/mol. The summed E-state index contributed by atoms with van der Waals surface area (Å²) in [6.07, 6.45) is 0. The van der Waals surface area contributed by atoms with E-state index >= 15 is 0 Å². The quantitative estimate of drug-likeness (QED) is 0.557. The van der Waals surface area contributed by atoms with E-state index in [0.717, 1.165) is 6.07 Å². The smallest absolute Gasteiger partial charge is 0.149 e. The highest BCUT2D eigenvalue weighted by Crippen LogP contribution is 2.21. The summed E-state index contributed by atoms with van der Waals surface area (Å²) < 4.78 is 25.5. The molecule has 0 saturated heterocycles. The van der Waals surface area contributed by atoms with E-state index < -0.39 is 16.7 Å². The van der Waals surface area contributed by atoms with Crippen LogP contribution in [0.1, 0.15) is 5.56 Å². The molecule has 2 nitrogen and oxygen atoms in total. The fourth-order valence-electron chi connectivity index (χ4n) is 0.788. The molecule has 0 aliphatic carbocycles. The predicted octanol–water partition coefficient (Wildman–Crippen LogP) is 2.10. The maximum Gasteiger partial charge on any atom is 0.149 e. The van der Waals surface area contributed by atoms with Crippen LogP contribution in [-0.2, 0) is 6.54 Å². The summed E-state index contributed by atoms with van der Waals surface area (Å²) in [6, 6.07) is 2.25. The molecule has 0 saturated carbocycles. The predicted molar refractivity (Wildman–Crippen MR) is 40.0 cm³/mol. The van der Waals surface area contributed by atoms with Crippen LogP contribution in [0.2, 0.25) is 5.02 Å². The van der Waals surface area contributed by atoms with Crippen molar-refractivity contribution in [3.05, 3.63) is 34.4 Å². The van der Waals surface area contributed by atoms with Crippen LogP contribution in [0.3, 0.4) is 0 Å². The number of hydroxylamine groups is 1. The maximum atomic E-state index is 12.9. The largest absolute Gasteiger partial charge is 0.316 e. The first kappa shape index (κ1) is 9.38. The molecule has 0 unspecified atom stereocenters. The van der Waals surface area contributed by atoms with Crippen LogP contribution in [0, 0.1) is 11.6 Å². The van der Waals surface area contributed by atoms with Crippen LogP contribution in [-0.4, -0.2) is 5.21 Å². The molecule has 0 bridgehead atoms. The van der Waals surface area contributed by atoms with Crippen molar-refractivity contribution >= 4 is 11.6 Å². The van der Waals surface area contributed by atoms with Gasteiger partial charge in [0, 0.05) is 12.1 Å². The van der Waals surface area contributed by atoms with Gasteiger partial charge in [-0.2, -0.15) is 0 Å². The van der Waals surface area contributed by atoms with E-state index in [1.807, 2.05) is 0 Å². The number of hydrogen-bond acceptors (Lipinski definition) is 2. The van der Waals surface area contributed by atoms with Crippen LogP contribution in [0.15, 0.2) is 12.1 Å². The van der Waals surface area contributed by atoms with Crippen molar-refractivity contribution in [1.82, 2.24) is 5.48 Å². The molecule has 1 aromatic carbocycles. The van der Waals surface area contributed by atoms with E-state index in [2.05, 4.69) is 0 Å². The van der Waals surface area contributed by atoms with Gasteiger partial charge >= 0.3 is 0 Å². The highest BCUT2D eigenvalue weighted by atomic mass is 35.5. The second-order valence-electron chi connectivity index (χ2n) is 2.17. The Balaban J connectivity index is 3.08. The standard InChI is InChI=1S/C7H6ClF2NO/c8-6-5(9)2-1-4(3-11-12)7(6)10/h1-2,11-12H,3H2. The summed E-state index contributed by atoms with van der Waals surface area (Å²) in [7, 11) is 0. The van der Waals surface area contributed by atoms with Crippen molar-refractivity contribution in [2.75, 3.05) is 0 Å². The lowest BCUT2D eigenvalue weighted by molar-refractivity contribution is 0.160. The zero-order chi connectivity index (χ0) is 9.14. The molecule has 0 radical (unpaired) electrons. The van der Waals surface area contributed by atoms with Crippen LogP contribution >= 0.6 is 11.6 Å². The van der Waals surface area contributed by atoms with E-state index in [1.54, 1.807) is 5.48 Å². The summed E-state index contributed by atoms with van der Waals surface area (Å²) >= 11 is 5.26. The van der Waals surface area contributed by atoms with E-state index in [4.69, 9.17) is 16.8 Å². The Labute approximate surface area is 72.7 Å². The third-order valence-corrected chi connectivity index (χ3v) is 1.73. The summed E-state index contributed by atoms with van der Waals surface area (Å²) in [5, 5.41) is 7.70. The van der Waals surface area contributed by atoms with Gasteiger partial charge in [-0.05, 0) is 6.07 Å². The Morgan fingerprint density at radius 2 is 2.08 bits per heavy atom. The molecule has 0 spiro atoms. The van der Waals surface area contributed by atoms with E-state index in [0.29, 0.717) is 0 Å². The topological polar surface area (TPSA) is 32.3 Å². The van der Waals surface area contributed by atoms with E-state index in [-0.39, 0.29) is 12.1 Å². The van der Waals surface area contributed by atoms with E-state index in [9.17, 15) is 8.78 Å². The van der Waals surface area contributed by atoms with Gasteiger partial charge in [-0.1, -0.05) is 17.7 Å². The molecule has 0 aliphatic heterocycles. The average molecular weight is 194 g/mol. The molecule has 0 heterocycles. The summed E-state index contributed by atoms with van der Waals surface area (Å²) in [4.78, 5) is 0. The van der Waals surface area contributed by atoms with Crippen molar-refractivity contribution in [3.63, 3.8) is 0 Å². The zero-order valence-corrected chi connectivity index (χ0v) is 6.70. The SMILES string of the molecule is ONCc1ccc(F)c(Cl)c1F. The minimum Gasteiger partial charge on any atom is -0.316 e. The second kappa shape index (κ2) is 3.80. The lowest BCUT2D eigenvalue weighted by Crippen LogP contribution is -2.08. The molecule has 5 heteroatoms. The summed E-state index contributed by atoms with van der Waals surface area (Å²) in [6.45, 7) is -0.105. The summed E-state index contributed by atoms with van der Waals surface area (Å²) in [5.41, 5.74) is 1.87. The van der Waals surface area contributed by atoms with Crippen LogP contribution < -0.4 is 5.48 Å². The molecule has 0 fully saturated rings. The number of benzene rings is 1. The number of hydrogen-bond donors (Lipinski definition) is 2. The van der Waals surface area contributed by atoms with E-state index in [1.165, 1.54) is 6.07 Å². The first-order valence-corrected chi connectivity index (χ1v) is 3.54. The Morgan fingerprint density at radius 3 is 2.67 bits per heavy atom. The van der Waals surface area contributed by atoms with Gasteiger partial charge in [0.05, 0.1) is 0 Å². The molecule has 1 aromatic rings. The average Bonchev–Trinajstić information content (AvgIpc) is 2.07. The normalized spacial score (nSPS) is 10.3. The number of rotatable bonds is 2. The van der Waals surface area contributed by atoms with Gasteiger partial charge in [0.1, 0.15) is 16.7 Å². The zero-order valence-electron chi connectivity index (χ0n) is 5.94. The number of nitrogens with one attached hydrogen (secondary N) is 1. The molecule has 0 amide bonds. The van der Waals surface area contributed by atoms with Gasteiger partial charge in [0.15, 0.2) is 0 Å². The molecule has 2 N–H and O–H groups in total. The van der Waals surface area contributed by atoms with Gasteiger partial charge < -0.3 is 5.21 Å². The molecule has 12 heavy (non-hydrogen) atoms. The van der Waals surface area contributed by atoms with Crippen molar-refractivity contribution in [2.45, 2.75) is 6.54 Å². The summed E-state index contributed by atoms with van der Waals surface area (Å²) in [5.74, 6) is -1.66. The Kier molecular flexibility index (Phi) is 2.97. The molecular weight excluding hydrogens is 188 g/mol. The Morgan fingerprint density at radius 1 is 1.42 bits per heavy atom. The highest BCUT2D eigenvalue weighted by Gasteiger charge is 2.10. The lowest BCUT2D eigenvalue weighted by Gasteiger charge is -2.02. The fourth-order valence-corrected chi connectivity index (χ4v) is 0.972. The first-order valence-electron chi connectivity index (χ1n) is 3.16. The Hall–Kier alpha value is -0.710. The van der Waals surface area contributed by atoms with Crippen molar-refractivity contribution in [1.29, 1.82) is 0 Å².